The Kier molecular flexibility index (Phi) is 4.07. The van der Waals surface area contributed by atoms with Gasteiger partial charge in [0, 0.05) is 37.8 Å². The van der Waals surface area contributed by atoms with E-state index in [0.29, 0.717) is 0 Å². The largest absolute Gasteiger partial charge is 0.337 e. The van der Waals surface area contributed by atoms with Crippen LogP contribution in [-0.2, 0) is 19.9 Å². The SMILES string of the molecule is CCc1ccc(CC(NN)c2nccn2C)nc1. The first-order chi connectivity index (χ1) is 8.74. The van der Waals surface area contributed by atoms with Crippen molar-refractivity contribution in [3.05, 3.63) is 47.8 Å². The fraction of sp³-hybridized carbons (Fsp3) is 0.385. The Morgan fingerprint density at radius 2 is 2.22 bits per heavy atom. The summed E-state index contributed by atoms with van der Waals surface area (Å²) in [6, 6.07) is 4.13. The molecule has 18 heavy (non-hydrogen) atoms. The molecule has 2 aromatic heterocycles. The van der Waals surface area contributed by atoms with E-state index >= 15 is 0 Å². The summed E-state index contributed by atoms with van der Waals surface area (Å²) in [5.41, 5.74) is 5.05. The van der Waals surface area contributed by atoms with E-state index < -0.39 is 0 Å². The zero-order chi connectivity index (χ0) is 13.0. The summed E-state index contributed by atoms with van der Waals surface area (Å²) in [4.78, 5) is 8.75. The van der Waals surface area contributed by atoms with E-state index in [9.17, 15) is 0 Å². The Labute approximate surface area is 107 Å². The lowest BCUT2D eigenvalue weighted by atomic mass is 10.1. The van der Waals surface area contributed by atoms with Crippen LogP contribution < -0.4 is 11.3 Å². The minimum atomic E-state index is -0.0232. The normalized spacial score (nSPS) is 12.6. The van der Waals surface area contributed by atoms with Gasteiger partial charge in [0.25, 0.3) is 0 Å². The van der Waals surface area contributed by atoms with Crippen molar-refractivity contribution < 1.29 is 0 Å². The number of aryl methyl sites for hydroxylation is 2. The molecule has 2 rings (SSSR count). The van der Waals surface area contributed by atoms with Crippen LogP contribution in [-0.4, -0.2) is 14.5 Å². The maximum atomic E-state index is 5.61. The molecule has 1 atom stereocenters. The second-order valence-electron chi connectivity index (χ2n) is 4.33. The van der Waals surface area contributed by atoms with E-state index in [1.165, 1.54) is 5.56 Å². The van der Waals surface area contributed by atoms with Crippen molar-refractivity contribution in [2.24, 2.45) is 12.9 Å². The molecular formula is C13H19N5. The first kappa shape index (κ1) is 12.7. The van der Waals surface area contributed by atoms with Gasteiger partial charge in [-0.25, -0.2) is 10.4 Å². The predicted octanol–water partition coefficient (Wildman–Crippen LogP) is 1.12. The molecule has 0 aliphatic carbocycles. The first-order valence-corrected chi connectivity index (χ1v) is 6.11. The van der Waals surface area contributed by atoms with Gasteiger partial charge in [-0.2, -0.15) is 0 Å². The molecule has 1 unspecified atom stereocenters. The van der Waals surface area contributed by atoms with Crippen LogP contribution >= 0.6 is 0 Å². The number of hydrazine groups is 1. The van der Waals surface area contributed by atoms with Crippen molar-refractivity contribution in [1.82, 2.24) is 20.0 Å². The second-order valence-corrected chi connectivity index (χ2v) is 4.33. The molecule has 0 bridgehead atoms. The molecule has 2 aromatic rings. The third-order valence-electron chi connectivity index (χ3n) is 3.08. The van der Waals surface area contributed by atoms with Crippen LogP contribution in [0.25, 0.3) is 0 Å². The van der Waals surface area contributed by atoms with Gasteiger partial charge in [-0.15, -0.1) is 0 Å². The quantitative estimate of drug-likeness (QED) is 0.612. The zero-order valence-electron chi connectivity index (χ0n) is 10.8. The second kappa shape index (κ2) is 5.75. The molecule has 5 heteroatoms. The Morgan fingerprint density at radius 1 is 1.39 bits per heavy atom. The number of hydrogen-bond donors (Lipinski definition) is 2. The van der Waals surface area contributed by atoms with Gasteiger partial charge >= 0.3 is 0 Å². The molecule has 96 valence electrons. The fourth-order valence-corrected chi connectivity index (χ4v) is 1.93. The summed E-state index contributed by atoms with van der Waals surface area (Å²) in [5.74, 6) is 6.52. The third-order valence-corrected chi connectivity index (χ3v) is 3.08. The van der Waals surface area contributed by atoms with Crippen molar-refractivity contribution in [1.29, 1.82) is 0 Å². The molecule has 0 spiro atoms. The van der Waals surface area contributed by atoms with E-state index in [4.69, 9.17) is 5.84 Å². The number of hydrogen-bond acceptors (Lipinski definition) is 4. The zero-order valence-corrected chi connectivity index (χ0v) is 10.8. The fourth-order valence-electron chi connectivity index (χ4n) is 1.93. The van der Waals surface area contributed by atoms with Gasteiger partial charge in [0.2, 0.25) is 0 Å². The number of nitrogens with two attached hydrogens (primary N) is 1. The third kappa shape index (κ3) is 2.75. The highest BCUT2D eigenvalue weighted by Gasteiger charge is 2.15. The molecule has 0 amide bonds. The van der Waals surface area contributed by atoms with Gasteiger partial charge in [-0.05, 0) is 18.1 Å². The maximum Gasteiger partial charge on any atom is 0.127 e. The van der Waals surface area contributed by atoms with Crippen LogP contribution in [0.3, 0.4) is 0 Å². The van der Waals surface area contributed by atoms with E-state index in [2.05, 4.69) is 28.4 Å². The highest BCUT2D eigenvalue weighted by atomic mass is 15.3. The van der Waals surface area contributed by atoms with Gasteiger partial charge in [-0.1, -0.05) is 13.0 Å². The number of pyridine rings is 1. The molecule has 0 radical (unpaired) electrons. The van der Waals surface area contributed by atoms with Crippen molar-refractivity contribution in [3.63, 3.8) is 0 Å². The van der Waals surface area contributed by atoms with Gasteiger partial charge in [0.05, 0.1) is 6.04 Å². The first-order valence-electron chi connectivity index (χ1n) is 6.11. The maximum absolute atomic E-state index is 5.61. The van der Waals surface area contributed by atoms with Crippen molar-refractivity contribution in [2.45, 2.75) is 25.8 Å². The molecule has 0 fully saturated rings. The van der Waals surface area contributed by atoms with Crippen molar-refractivity contribution >= 4 is 0 Å². The van der Waals surface area contributed by atoms with Gasteiger partial charge < -0.3 is 4.57 Å². The van der Waals surface area contributed by atoms with Gasteiger partial charge in [-0.3, -0.25) is 10.8 Å². The lowest BCUT2D eigenvalue weighted by Crippen LogP contribution is -2.31. The van der Waals surface area contributed by atoms with E-state index in [-0.39, 0.29) is 6.04 Å². The molecule has 0 aromatic carbocycles. The van der Waals surface area contributed by atoms with Crippen molar-refractivity contribution in [3.8, 4) is 0 Å². The van der Waals surface area contributed by atoms with E-state index in [1.807, 2.05) is 30.1 Å². The van der Waals surface area contributed by atoms with Gasteiger partial charge in [0.15, 0.2) is 0 Å². The van der Waals surface area contributed by atoms with Crippen LogP contribution in [0.4, 0.5) is 0 Å². The van der Waals surface area contributed by atoms with Crippen LogP contribution in [0.1, 0.15) is 30.0 Å². The van der Waals surface area contributed by atoms with E-state index in [1.54, 1.807) is 6.20 Å². The molecule has 5 nitrogen and oxygen atoms in total. The number of nitrogens with one attached hydrogen (secondary N) is 1. The Morgan fingerprint density at radius 3 is 2.72 bits per heavy atom. The predicted molar refractivity (Wildman–Crippen MR) is 70.6 cm³/mol. The highest BCUT2D eigenvalue weighted by molar-refractivity contribution is 5.16. The molecule has 0 saturated heterocycles. The molecule has 0 aliphatic rings. The molecule has 0 aliphatic heterocycles. The van der Waals surface area contributed by atoms with E-state index in [0.717, 1.165) is 24.4 Å². The van der Waals surface area contributed by atoms with Crippen LogP contribution in [0.15, 0.2) is 30.7 Å². The standard InChI is InChI=1S/C13H19N5/c1-3-10-4-5-11(16-9-10)8-12(17-14)13-15-6-7-18(13)2/h4-7,9,12,17H,3,8,14H2,1-2H3. The summed E-state index contributed by atoms with van der Waals surface area (Å²) < 4.78 is 1.96. The molecule has 3 N–H and O–H groups in total. The van der Waals surface area contributed by atoms with Crippen LogP contribution in [0, 0.1) is 0 Å². The summed E-state index contributed by atoms with van der Waals surface area (Å²) in [7, 11) is 1.96. The summed E-state index contributed by atoms with van der Waals surface area (Å²) >= 11 is 0. The van der Waals surface area contributed by atoms with Crippen molar-refractivity contribution in [2.75, 3.05) is 0 Å². The average Bonchev–Trinajstić information content (AvgIpc) is 2.83. The smallest absolute Gasteiger partial charge is 0.127 e. The summed E-state index contributed by atoms with van der Waals surface area (Å²) in [6.07, 6.45) is 7.33. The number of aromatic nitrogens is 3. The Balaban J connectivity index is 2.13. The Bertz CT molecular complexity index is 488. The Hall–Kier alpha value is -1.72. The summed E-state index contributed by atoms with van der Waals surface area (Å²) in [6.45, 7) is 2.12. The lowest BCUT2D eigenvalue weighted by Gasteiger charge is -2.15. The number of imidazole rings is 1. The minimum absolute atomic E-state index is 0.0232. The van der Waals surface area contributed by atoms with Gasteiger partial charge in [0.1, 0.15) is 5.82 Å². The average molecular weight is 245 g/mol. The molecular weight excluding hydrogens is 226 g/mol. The molecule has 0 saturated carbocycles. The summed E-state index contributed by atoms with van der Waals surface area (Å²) in [5, 5.41) is 0. The van der Waals surface area contributed by atoms with Crippen LogP contribution in [0.5, 0.6) is 0 Å². The highest BCUT2D eigenvalue weighted by Crippen LogP contribution is 2.14. The van der Waals surface area contributed by atoms with Crippen LogP contribution in [0.2, 0.25) is 0 Å². The topological polar surface area (TPSA) is 68.8 Å². The minimum Gasteiger partial charge on any atom is -0.337 e. The molecule has 2 heterocycles. The monoisotopic (exact) mass is 245 g/mol. The lowest BCUT2D eigenvalue weighted by molar-refractivity contribution is 0.502. The number of rotatable bonds is 5. The number of nitrogens with zero attached hydrogens (tertiary/aromatic N) is 3.